The van der Waals surface area contributed by atoms with E-state index in [1.165, 1.54) is 5.56 Å². The maximum absolute atomic E-state index is 11.9. The van der Waals surface area contributed by atoms with E-state index in [1.807, 2.05) is 25.2 Å². The number of halogens is 1. The first kappa shape index (κ1) is 11.4. The number of carbonyl (C=O) groups is 1. The fraction of sp³-hybridized carbons (Fsp3) is 0.417. The van der Waals surface area contributed by atoms with Gasteiger partial charge in [0.25, 0.3) is 0 Å². The number of nitrogens with zero attached hydrogens (tertiary/aromatic N) is 1. The van der Waals surface area contributed by atoms with Crippen LogP contribution in [0.2, 0.25) is 0 Å². The van der Waals surface area contributed by atoms with Gasteiger partial charge in [0.2, 0.25) is 5.91 Å². The molecule has 0 radical (unpaired) electrons. The normalized spacial score (nSPS) is 31.0. The third-order valence-electron chi connectivity index (χ3n) is 3.61. The van der Waals surface area contributed by atoms with Gasteiger partial charge in [-0.15, -0.1) is 12.4 Å². The van der Waals surface area contributed by atoms with Crippen molar-refractivity contribution in [2.24, 2.45) is 11.7 Å². The number of carbonyl (C=O) groups excluding carboxylic acids is 1. The number of amides is 1. The zero-order chi connectivity index (χ0) is 10.6. The Labute approximate surface area is 101 Å². The molecule has 1 fully saturated rings. The van der Waals surface area contributed by atoms with Crippen LogP contribution in [0.25, 0.3) is 0 Å². The standard InChI is InChI=1S/C12H14N2O.ClH/c1-14-10-5-3-2-4-7(10)8-6-9(8)11(13)12(14)15;/h2-5,8-9,11H,6,13H2,1H3;1H. The first-order valence-corrected chi connectivity index (χ1v) is 5.32. The molecule has 3 atom stereocenters. The van der Waals surface area contributed by atoms with Gasteiger partial charge in [-0.05, 0) is 29.9 Å². The molecule has 3 nitrogen and oxygen atoms in total. The van der Waals surface area contributed by atoms with Crippen LogP contribution in [0.15, 0.2) is 24.3 Å². The molecule has 3 unspecified atom stereocenters. The summed E-state index contributed by atoms with van der Waals surface area (Å²) in [6, 6.07) is 7.80. The van der Waals surface area contributed by atoms with Gasteiger partial charge < -0.3 is 10.6 Å². The zero-order valence-electron chi connectivity index (χ0n) is 9.09. The minimum absolute atomic E-state index is 0. The summed E-state index contributed by atoms with van der Waals surface area (Å²) in [4.78, 5) is 13.6. The van der Waals surface area contributed by atoms with Crippen LogP contribution in [0, 0.1) is 5.92 Å². The van der Waals surface area contributed by atoms with Gasteiger partial charge in [0.15, 0.2) is 0 Å². The summed E-state index contributed by atoms with van der Waals surface area (Å²) >= 11 is 0. The van der Waals surface area contributed by atoms with Gasteiger partial charge in [-0.3, -0.25) is 4.79 Å². The van der Waals surface area contributed by atoms with Crippen molar-refractivity contribution >= 4 is 24.0 Å². The molecule has 3 rings (SSSR count). The second kappa shape index (κ2) is 3.75. The molecular formula is C12H15ClN2O. The molecule has 0 saturated heterocycles. The summed E-state index contributed by atoms with van der Waals surface area (Å²) in [6.07, 6.45) is 1.07. The van der Waals surface area contributed by atoms with E-state index in [0.29, 0.717) is 11.8 Å². The van der Waals surface area contributed by atoms with Gasteiger partial charge in [0.05, 0.1) is 6.04 Å². The van der Waals surface area contributed by atoms with E-state index < -0.39 is 0 Å². The van der Waals surface area contributed by atoms with Crippen LogP contribution in [0.5, 0.6) is 0 Å². The monoisotopic (exact) mass is 238 g/mol. The van der Waals surface area contributed by atoms with Gasteiger partial charge in [0, 0.05) is 12.7 Å². The van der Waals surface area contributed by atoms with Crippen molar-refractivity contribution in [2.75, 3.05) is 11.9 Å². The first-order valence-electron chi connectivity index (χ1n) is 5.32. The Morgan fingerprint density at radius 2 is 2.06 bits per heavy atom. The van der Waals surface area contributed by atoms with E-state index >= 15 is 0 Å². The molecule has 0 aromatic heterocycles. The summed E-state index contributed by atoms with van der Waals surface area (Å²) < 4.78 is 0. The minimum Gasteiger partial charge on any atom is -0.320 e. The Kier molecular flexibility index (Phi) is 2.68. The lowest BCUT2D eigenvalue weighted by molar-refractivity contribution is -0.119. The Hall–Kier alpha value is -1.06. The van der Waals surface area contributed by atoms with E-state index in [2.05, 4.69) is 6.07 Å². The maximum Gasteiger partial charge on any atom is 0.243 e. The molecule has 86 valence electrons. The number of likely N-dealkylation sites (N-methyl/N-ethyl adjacent to an activating group) is 1. The third kappa shape index (κ3) is 1.43. The van der Waals surface area contributed by atoms with Crippen LogP contribution in [-0.4, -0.2) is 19.0 Å². The molecule has 1 aromatic carbocycles. The molecule has 4 heteroatoms. The second-order valence-corrected chi connectivity index (χ2v) is 4.49. The Morgan fingerprint density at radius 3 is 2.81 bits per heavy atom. The molecule has 1 saturated carbocycles. The van der Waals surface area contributed by atoms with Crippen LogP contribution in [0.1, 0.15) is 17.9 Å². The fourth-order valence-electron chi connectivity index (χ4n) is 2.60. The summed E-state index contributed by atoms with van der Waals surface area (Å²) in [7, 11) is 1.81. The predicted octanol–water partition coefficient (Wildman–Crippen LogP) is 1.52. The lowest BCUT2D eigenvalue weighted by atomic mass is 10.1. The van der Waals surface area contributed by atoms with Crippen LogP contribution in [0.3, 0.4) is 0 Å². The number of nitrogens with two attached hydrogens (primary N) is 1. The highest BCUT2D eigenvalue weighted by atomic mass is 35.5. The summed E-state index contributed by atoms with van der Waals surface area (Å²) in [5.41, 5.74) is 8.26. The summed E-state index contributed by atoms with van der Waals surface area (Å²) in [5, 5.41) is 0. The Morgan fingerprint density at radius 1 is 1.38 bits per heavy atom. The zero-order valence-corrected chi connectivity index (χ0v) is 9.91. The summed E-state index contributed by atoms with van der Waals surface area (Å²) in [5.74, 6) is 0.918. The number of benzene rings is 1. The van der Waals surface area contributed by atoms with Crippen LogP contribution in [-0.2, 0) is 4.79 Å². The number of para-hydroxylation sites is 1. The highest BCUT2D eigenvalue weighted by Gasteiger charge is 2.49. The number of hydrogen-bond acceptors (Lipinski definition) is 2. The molecule has 1 heterocycles. The lowest BCUT2D eigenvalue weighted by Crippen LogP contribution is -2.42. The highest BCUT2D eigenvalue weighted by molar-refractivity contribution is 5.99. The molecule has 1 aliphatic carbocycles. The van der Waals surface area contributed by atoms with Crippen molar-refractivity contribution in [1.29, 1.82) is 0 Å². The number of hydrogen-bond donors (Lipinski definition) is 1. The van der Waals surface area contributed by atoms with Crippen molar-refractivity contribution < 1.29 is 4.79 Å². The van der Waals surface area contributed by atoms with Crippen LogP contribution >= 0.6 is 12.4 Å². The molecular weight excluding hydrogens is 224 g/mol. The van der Waals surface area contributed by atoms with Gasteiger partial charge in [-0.1, -0.05) is 18.2 Å². The molecule has 2 aliphatic rings. The third-order valence-corrected chi connectivity index (χ3v) is 3.61. The van der Waals surface area contributed by atoms with Gasteiger partial charge in [-0.2, -0.15) is 0 Å². The van der Waals surface area contributed by atoms with E-state index in [-0.39, 0.29) is 24.4 Å². The van der Waals surface area contributed by atoms with E-state index in [1.54, 1.807) is 4.90 Å². The van der Waals surface area contributed by atoms with Crippen molar-refractivity contribution in [3.8, 4) is 0 Å². The minimum atomic E-state index is -0.313. The SMILES string of the molecule is CN1C(=O)C(N)C2CC2c2ccccc21.Cl. The van der Waals surface area contributed by atoms with Crippen molar-refractivity contribution in [3.05, 3.63) is 29.8 Å². The van der Waals surface area contributed by atoms with Gasteiger partial charge >= 0.3 is 0 Å². The van der Waals surface area contributed by atoms with Crippen molar-refractivity contribution in [3.63, 3.8) is 0 Å². The number of anilines is 1. The molecule has 0 spiro atoms. The Balaban J connectivity index is 0.000000963. The van der Waals surface area contributed by atoms with Gasteiger partial charge in [-0.25, -0.2) is 0 Å². The first-order chi connectivity index (χ1) is 7.20. The second-order valence-electron chi connectivity index (χ2n) is 4.49. The molecule has 0 bridgehead atoms. The fourth-order valence-corrected chi connectivity index (χ4v) is 2.60. The quantitative estimate of drug-likeness (QED) is 0.745. The maximum atomic E-state index is 11.9. The molecule has 1 amide bonds. The van der Waals surface area contributed by atoms with Gasteiger partial charge in [0.1, 0.15) is 0 Å². The van der Waals surface area contributed by atoms with Crippen molar-refractivity contribution in [1.82, 2.24) is 0 Å². The number of rotatable bonds is 0. The largest absolute Gasteiger partial charge is 0.320 e. The van der Waals surface area contributed by atoms with Crippen LogP contribution < -0.4 is 10.6 Å². The smallest absolute Gasteiger partial charge is 0.243 e. The van der Waals surface area contributed by atoms with E-state index in [0.717, 1.165) is 12.1 Å². The topological polar surface area (TPSA) is 46.3 Å². The average Bonchev–Trinajstić information content (AvgIpc) is 3.05. The summed E-state index contributed by atoms with van der Waals surface area (Å²) in [6.45, 7) is 0. The number of fused-ring (bicyclic) bond motifs is 3. The van der Waals surface area contributed by atoms with E-state index in [4.69, 9.17) is 5.73 Å². The Bertz CT molecular complexity index is 435. The molecule has 1 aliphatic heterocycles. The predicted molar refractivity (Wildman–Crippen MR) is 65.9 cm³/mol. The molecule has 1 aromatic rings. The average molecular weight is 239 g/mol. The van der Waals surface area contributed by atoms with E-state index in [9.17, 15) is 4.79 Å². The highest BCUT2D eigenvalue weighted by Crippen LogP contribution is 2.53. The van der Waals surface area contributed by atoms with Crippen molar-refractivity contribution in [2.45, 2.75) is 18.4 Å². The molecule has 2 N–H and O–H groups in total. The molecule has 16 heavy (non-hydrogen) atoms. The van der Waals surface area contributed by atoms with Crippen LogP contribution in [0.4, 0.5) is 5.69 Å². The lowest BCUT2D eigenvalue weighted by Gasteiger charge is -2.20.